The van der Waals surface area contributed by atoms with Crippen LogP contribution in [0.25, 0.3) is 0 Å². The average Bonchev–Trinajstić information content (AvgIpc) is 2.49. The highest BCUT2D eigenvalue weighted by Gasteiger charge is 2.05. The molecule has 0 bridgehead atoms. The molecule has 5 heteroatoms. The van der Waals surface area contributed by atoms with E-state index in [0.29, 0.717) is 29.1 Å². The Morgan fingerprint density at radius 3 is 2.41 bits per heavy atom. The second kappa shape index (κ2) is 7.09. The first-order chi connectivity index (χ1) is 10.5. The van der Waals surface area contributed by atoms with Crippen molar-refractivity contribution in [3.8, 4) is 0 Å². The number of nitrogens with two attached hydrogens (primary N) is 1. The number of anilines is 1. The van der Waals surface area contributed by atoms with Gasteiger partial charge in [-0.15, -0.1) is 0 Å². The third-order valence-electron chi connectivity index (χ3n) is 3.33. The largest absolute Gasteiger partial charge is 0.366 e. The van der Waals surface area contributed by atoms with Crippen molar-refractivity contribution >= 4 is 29.1 Å². The fourth-order valence-electron chi connectivity index (χ4n) is 1.99. The number of rotatable bonds is 5. The van der Waals surface area contributed by atoms with Crippen molar-refractivity contribution in [3.05, 3.63) is 64.2 Å². The Hall–Kier alpha value is -2.33. The van der Waals surface area contributed by atoms with Crippen LogP contribution >= 0.6 is 11.6 Å². The Bertz CT molecular complexity index is 696. The monoisotopic (exact) mass is 316 g/mol. The number of amides is 2. The first-order valence-electron chi connectivity index (χ1n) is 6.90. The van der Waals surface area contributed by atoms with Gasteiger partial charge in [0.1, 0.15) is 0 Å². The molecule has 114 valence electrons. The minimum atomic E-state index is -0.492. The molecule has 0 aliphatic heterocycles. The van der Waals surface area contributed by atoms with Crippen LogP contribution in [0.15, 0.2) is 42.5 Å². The summed E-state index contributed by atoms with van der Waals surface area (Å²) in [7, 11) is 0. The van der Waals surface area contributed by atoms with Crippen molar-refractivity contribution in [1.29, 1.82) is 0 Å². The third-order valence-corrected chi connectivity index (χ3v) is 3.74. The van der Waals surface area contributed by atoms with Gasteiger partial charge in [0, 0.05) is 22.7 Å². The van der Waals surface area contributed by atoms with E-state index in [9.17, 15) is 9.59 Å². The molecule has 4 nitrogen and oxygen atoms in total. The molecule has 0 aliphatic rings. The van der Waals surface area contributed by atoms with Crippen molar-refractivity contribution in [2.45, 2.75) is 19.8 Å². The lowest BCUT2D eigenvalue weighted by molar-refractivity contribution is -0.116. The fraction of sp³-hybridized carbons (Fsp3) is 0.176. The molecule has 3 N–H and O–H groups in total. The van der Waals surface area contributed by atoms with E-state index in [4.69, 9.17) is 17.3 Å². The number of benzene rings is 2. The molecular weight excluding hydrogens is 300 g/mol. The molecule has 22 heavy (non-hydrogen) atoms. The summed E-state index contributed by atoms with van der Waals surface area (Å²) in [5.74, 6) is -0.586. The Kier molecular flexibility index (Phi) is 5.17. The van der Waals surface area contributed by atoms with Crippen LogP contribution in [-0.4, -0.2) is 11.8 Å². The molecular formula is C17H17ClN2O2. The van der Waals surface area contributed by atoms with Gasteiger partial charge in [-0.1, -0.05) is 23.7 Å². The number of hydrogen-bond donors (Lipinski definition) is 2. The quantitative estimate of drug-likeness (QED) is 0.888. The Balaban J connectivity index is 1.89. The van der Waals surface area contributed by atoms with Gasteiger partial charge in [0.05, 0.1) is 0 Å². The zero-order valence-corrected chi connectivity index (χ0v) is 13.0. The fourth-order valence-corrected chi connectivity index (χ4v) is 2.19. The molecule has 0 radical (unpaired) electrons. The molecule has 0 fully saturated rings. The number of carbonyl (C=O) groups excluding carboxylic acids is 2. The van der Waals surface area contributed by atoms with Gasteiger partial charge in [-0.05, 0) is 54.8 Å². The highest BCUT2D eigenvalue weighted by molar-refractivity contribution is 6.31. The van der Waals surface area contributed by atoms with Crippen LogP contribution in [-0.2, 0) is 11.2 Å². The lowest BCUT2D eigenvalue weighted by Gasteiger charge is -2.07. The molecule has 0 unspecified atom stereocenters. The maximum absolute atomic E-state index is 11.9. The number of carbonyl (C=O) groups is 2. The molecule has 0 spiro atoms. The summed E-state index contributed by atoms with van der Waals surface area (Å²) in [5, 5.41) is 3.49. The van der Waals surface area contributed by atoms with E-state index < -0.39 is 5.91 Å². The Labute approximate surface area is 134 Å². The standard InChI is InChI=1S/C17H17ClN2O2/c1-11-2-3-12(10-15(11)18)4-9-16(21)20-14-7-5-13(6-8-14)17(19)22/h2-3,5-8,10H,4,9H2,1H3,(H2,19,22)(H,20,21). The predicted octanol–water partition coefficient (Wildman–Crippen LogP) is 3.32. The topological polar surface area (TPSA) is 72.2 Å². The maximum atomic E-state index is 11.9. The summed E-state index contributed by atoms with van der Waals surface area (Å²) in [6.45, 7) is 1.94. The van der Waals surface area contributed by atoms with Crippen LogP contribution in [0.3, 0.4) is 0 Å². The normalized spacial score (nSPS) is 10.3. The molecule has 0 saturated carbocycles. The van der Waals surface area contributed by atoms with Crippen molar-refractivity contribution < 1.29 is 9.59 Å². The summed E-state index contributed by atoms with van der Waals surface area (Å²) < 4.78 is 0. The van der Waals surface area contributed by atoms with E-state index in [2.05, 4.69) is 5.32 Å². The van der Waals surface area contributed by atoms with Crippen molar-refractivity contribution in [2.24, 2.45) is 5.73 Å². The summed E-state index contributed by atoms with van der Waals surface area (Å²) in [6, 6.07) is 12.3. The van der Waals surface area contributed by atoms with Crippen molar-refractivity contribution in [2.75, 3.05) is 5.32 Å². The van der Waals surface area contributed by atoms with Gasteiger partial charge in [-0.2, -0.15) is 0 Å². The van der Waals surface area contributed by atoms with Crippen LogP contribution in [0.4, 0.5) is 5.69 Å². The molecule has 2 aromatic carbocycles. The SMILES string of the molecule is Cc1ccc(CCC(=O)Nc2ccc(C(N)=O)cc2)cc1Cl. The van der Waals surface area contributed by atoms with E-state index in [1.807, 2.05) is 25.1 Å². The Morgan fingerprint density at radius 1 is 1.14 bits per heavy atom. The van der Waals surface area contributed by atoms with Gasteiger partial charge in [0.15, 0.2) is 0 Å². The van der Waals surface area contributed by atoms with Crippen molar-refractivity contribution in [1.82, 2.24) is 0 Å². The minimum Gasteiger partial charge on any atom is -0.366 e. The predicted molar refractivity (Wildman–Crippen MR) is 88.1 cm³/mol. The number of hydrogen-bond acceptors (Lipinski definition) is 2. The highest BCUT2D eigenvalue weighted by Crippen LogP contribution is 2.18. The second-order valence-corrected chi connectivity index (χ2v) is 5.48. The van der Waals surface area contributed by atoms with Crippen LogP contribution in [0, 0.1) is 6.92 Å². The van der Waals surface area contributed by atoms with Crippen LogP contribution < -0.4 is 11.1 Å². The third kappa shape index (κ3) is 4.33. The summed E-state index contributed by atoms with van der Waals surface area (Å²) in [6.07, 6.45) is 0.974. The smallest absolute Gasteiger partial charge is 0.248 e. The molecule has 2 rings (SSSR count). The second-order valence-electron chi connectivity index (χ2n) is 5.07. The van der Waals surface area contributed by atoms with E-state index in [1.165, 1.54) is 0 Å². The summed E-state index contributed by atoms with van der Waals surface area (Å²) in [4.78, 5) is 22.9. The molecule has 2 aromatic rings. The van der Waals surface area contributed by atoms with Gasteiger partial charge in [0.2, 0.25) is 11.8 Å². The molecule has 0 atom stereocenters. The average molecular weight is 317 g/mol. The van der Waals surface area contributed by atoms with E-state index in [-0.39, 0.29) is 5.91 Å². The zero-order chi connectivity index (χ0) is 16.1. The summed E-state index contributed by atoms with van der Waals surface area (Å²) >= 11 is 6.06. The van der Waals surface area contributed by atoms with Gasteiger partial charge in [-0.3, -0.25) is 9.59 Å². The molecule has 0 aromatic heterocycles. The minimum absolute atomic E-state index is 0.0940. The Morgan fingerprint density at radius 2 is 1.82 bits per heavy atom. The van der Waals surface area contributed by atoms with Crippen LogP contribution in [0.5, 0.6) is 0 Å². The lowest BCUT2D eigenvalue weighted by atomic mass is 10.1. The number of nitrogens with one attached hydrogen (secondary N) is 1. The molecule has 0 heterocycles. The molecule has 2 amide bonds. The van der Waals surface area contributed by atoms with Crippen LogP contribution in [0.2, 0.25) is 5.02 Å². The zero-order valence-electron chi connectivity index (χ0n) is 12.2. The highest BCUT2D eigenvalue weighted by atomic mass is 35.5. The first kappa shape index (κ1) is 16.0. The van der Waals surface area contributed by atoms with E-state index in [0.717, 1.165) is 11.1 Å². The molecule has 0 saturated heterocycles. The van der Waals surface area contributed by atoms with Gasteiger partial charge in [0.25, 0.3) is 0 Å². The van der Waals surface area contributed by atoms with E-state index >= 15 is 0 Å². The number of aryl methyl sites for hydroxylation is 2. The maximum Gasteiger partial charge on any atom is 0.248 e. The summed E-state index contributed by atoms with van der Waals surface area (Å²) in [5.41, 5.74) is 8.25. The first-order valence-corrected chi connectivity index (χ1v) is 7.28. The number of halogens is 1. The van der Waals surface area contributed by atoms with Gasteiger partial charge in [-0.25, -0.2) is 0 Å². The van der Waals surface area contributed by atoms with Crippen molar-refractivity contribution in [3.63, 3.8) is 0 Å². The van der Waals surface area contributed by atoms with Gasteiger partial charge < -0.3 is 11.1 Å². The van der Waals surface area contributed by atoms with Crippen LogP contribution in [0.1, 0.15) is 27.9 Å². The lowest BCUT2D eigenvalue weighted by Crippen LogP contribution is -2.13. The molecule has 0 aliphatic carbocycles. The van der Waals surface area contributed by atoms with Gasteiger partial charge >= 0.3 is 0 Å². The van der Waals surface area contributed by atoms with E-state index in [1.54, 1.807) is 24.3 Å². The number of primary amides is 1.